The van der Waals surface area contributed by atoms with Crippen LogP contribution in [0.15, 0.2) is 11.0 Å². The van der Waals surface area contributed by atoms with Gasteiger partial charge in [-0.25, -0.2) is 14.0 Å². The van der Waals surface area contributed by atoms with E-state index in [2.05, 4.69) is 17.2 Å². The Morgan fingerprint density at radius 1 is 1.42 bits per heavy atom. The van der Waals surface area contributed by atoms with Crippen LogP contribution in [0.5, 0.6) is 0 Å². The largest absolute Gasteiger partial charge is 0.449 e. The zero-order chi connectivity index (χ0) is 18.8. The topological polar surface area (TPSA) is 82.5 Å². The Morgan fingerprint density at radius 3 is 2.92 bits per heavy atom. The molecule has 1 saturated heterocycles. The van der Waals surface area contributed by atoms with Crippen molar-refractivity contribution < 1.29 is 18.7 Å². The summed E-state index contributed by atoms with van der Waals surface area (Å²) in [4.78, 5) is 27.3. The minimum absolute atomic E-state index is 0.139. The van der Waals surface area contributed by atoms with E-state index >= 15 is 0 Å². The standard InChI is InChI=1S/C17H26FN3O4S/c1-2-3-4-5-6-7-8-24-17(23)20-15-14(18)10-21(16(22)19-15)9-13-11-26-12-25-13/h10,13H,2-9,11-12H2,1H3,(H,19,20,22,23)/t13-/m1/s1. The van der Waals surface area contributed by atoms with Crippen LogP contribution in [-0.2, 0) is 16.0 Å². The van der Waals surface area contributed by atoms with Crippen molar-refractivity contribution in [2.45, 2.75) is 58.1 Å². The van der Waals surface area contributed by atoms with Gasteiger partial charge in [0, 0.05) is 11.9 Å². The maximum Gasteiger partial charge on any atom is 0.412 e. The number of unbranched alkanes of at least 4 members (excludes halogenated alkanes) is 5. The van der Waals surface area contributed by atoms with Gasteiger partial charge in [0.2, 0.25) is 0 Å². The van der Waals surface area contributed by atoms with Crippen LogP contribution >= 0.6 is 11.8 Å². The molecule has 1 aliphatic heterocycles. The third-order valence-corrected chi connectivity index (χ3v) is 4.90. The monoisotopic (exact) mass is 387 g/mol. The first-order chi connectivity index (χ1) is 12.6. The van der Waals surface area contributed by atoms with Gasteiger partial charge in [0.25, 0.3) is 0 Å². The lowest BCUT2D eigenvalue weighted by molar-refractivity contribution is 0.108. The van der Waals surface area contributed by atoms with Crippen molar-refractivity contribution in [3.05, 3.63) is 22.5 Å². The summed E-state index contributed by atoms with van der Waals surface area (Å²) in [6.07, 6.45) is 6.51. The van der Waals surface area contributed by atoms with E-state index in [0.29, 0.717) is 5.94 Å². The van der Waals surface area contributed by atoms with Gasteiger partial charge in [-0.2, -0.15) is 4.98 Å². The van der Waals surface area contributed by atoms with Crippen LogP contribution < -0.4 is 11.0 Å². The van der Waals surface area contributed by atoms with Gasteiger partial charge in [-0.3, -0.25) is 9.88 Å². The molecule has 0 radical (unpaired) electrons. The van der Waals surface area contributed by atoms with Crippen molar-refractivity contribution >= 4 is 23.7 Å². The minimum atomic E-state index is -0.808. The van der Waals surface area contributed by atoms with Gasteiger partial charge in [0.05, 0.1) is 25.2 Å². The average Bonchev–Trinajstić information content (AvgIpc) is 3.11. The zero-order valence-corrected chi connectivity index (χ0v) is 15.9. The van der Waals surface area contributed by atoms with Crippen LogP contribution in [0.1, 0.15) is 45.4 Å². The van der Waals surface area contributed by atoms with E-state index in [0.717, 1.165) is 35.8 Å². The highest BCUT2D eigenvalue weighted by Gasteiger charge is 2.19. The fourth-order valence-electron chi connectivity index (χ4n) is 2.56. The Balaban J connectivity index is 1.76. The first-order valence-electron chi connectivity index (χ1n) is 9.00. The van der Waals surface area contributed by atoms with E-state index in [1.165, 1.54) is 19.3 Å². The second kappa shape index (κ2) is 11.2. The van der Waals surface area contributed by atoms with Crippen molar-refractivity contribution in [3.63, 3.8) is 0 Å². The number of anilines is 1. The van der Waals surface area contributed by atoms with Crippen LogP contribution in [0.2, 0.25) is 0 Å². The second-order valence-corrected chi connectivity index (χ2v) is 7.16. The summed E-state index contributed by atoms with van der Waals surface area (Å²) < 4.78 is 25.6. The van der Waals surface area contributed by atoms with Gasteiger partial charge < -0.3 is 9.47 Å². The first kappa shape index (κ1) is 20.7. The van der Waals surface area contributed by atoms with Gasteiger partial charge >= 0.3 is 11.8 Å². The normalized spacial score (nSPS) is 16.6. The number of ether oxygens (including phenoxy) is 2. The fraction of sp³-hybridized carbons (Fsp3) is 0.706. The lowest BCUT2D eigenvalue weighted by Gasteiger charge is -2.12. The summed E-state index contributed by atoms with van der Waals surface area (Å²) in [5.41, 5.74) is -0.641. The summed E-state index contributed by atoms with van der Waals surface area (Å²) in [7, 11) is 0. The molecule has 0 spiro atoms. The van der Waals surface area contributed by atoms with Gasteiger partial charge in [-0.05, 0) is 6.42 Å². The maximum atomic E-state index is 14.1. The molecule has 2 rings (SSSR count). The summed E-state index contributed by atoms with van der Waals surface area (Å²) in [5.74, 6) is 0.116. The summed E-state index contributed by atoms with van der Waals surface area (Å²) in [5, 5.41) is 2.19. The van der Waals surface area contributed by atoms with Gasteiger partial charge in [0.1, 0.15) is 0 Å². The Kier molecular flexibility index (Phi) is 8.90. The van der Waals surface area contributed by atoms with Crippen molar-refractivity contribution in [2.24, 2.45) is 0 Å². The van der Waals surface area contributed by atoms with Crippen LogP contribution in [0.25, 0.3) is 0 Å². The number of hydrogen-bond acceptors (Lipinski definition) is 6. The first-order valence-corrected chi connectivity index (χ1v) is 10.2. The summed E-state index contributed by atoms with van der Waals surface area (Å²) in [6.45, 7) is 2.65. The van der Waals surface area contributed by atoms with E-state index in [9.17, 15) is 14.0 Å². The molecular weight excluding hydrogens is 361 g/mol. The number of carbonyl (C=O) groups excluding carboxylic acids is 1. The number of rotatable bonds is 10. The molecule has 2 heterocycles. The molecule has 0 unspecified atom stereocenters. The highest BCUT2D eigenvalue weighted by atomic mass is 32.2. The summed E-state index contributed by atoms with van der Waals surface area (Å²) >= 11 is 1.61. The maximum absolute atomic E-state index is 14.1. The van der Waals surface area contributed by atoms with E-state index in [-0.39, 0.29) is 19.3 Å². The molecule has 1 atom stereocenters. The molecule has 1 aliphatic rings. The average molecular weight is 387 g/mol. The number of aromatic nitrogens is 2. The lowest BCUT2D eigenvalue weighted by Crippen LogP contribution is -2.31. The Bertz CT molecular complexity index is 635. The van der Waals surface area contributed by atoms with Crippen LogP contribution in [0.3, 0.4) is 0 Å². The molecular formula is C17H26FN3O4S. The second-order valence-electron chi connectivity index (χ2n) is 6.18. The highest BCUT2D eigenvalue weighted by molar-refractivity contribution is 7.99. The van der Waals surface area contributed by atoms with Gasteiger partial charge in [-0.15, -0.1) is 11.8 Å². The molecule has 0 saturated carbocycles. The summed E-state index contributed by atoms with van der Waals surface area (Å²) in [6, 6.07) is 0. The number of thioether (sulfide) groups is 1. The Hall–Kier alpha value is -1.61. The molecule has 146 valence electrons. The van der Waals surface area contributed by atoms with Crippen LogP contribution in [0.4, 0.5) is 15.0 Å². The number of carbonyl (C=O) groups is 1. The number of amides is 1. The molecule has 1 fully saturated rings. The number of hydrogen-bond donors (Lipinski definition) is 1. The molecule has 1 aromatic rings. The third-order valence-electron chi connectivity index (χ3n) is 3.99. The Labute approximate surface area is 156 Å². The number of nitrogens with one attached hydrogen (secondary N) is 1. The fourth-order valence-corrected chi connectivity index (χ4v) is 3.41. The molecule has 0 aliphatic carbocycles. The zero-order valence-electron chi connectivity index (χ0n) is 15.0. The Morgan fingerprint density at radius 2 is 2.19 bits per heavy atom. The van der Waals surface area contributed by atoms with E-state index in [1.54, 1.807) is 11.8 Å². The molecule has 0 bridgehead atoms. The van der Waals surface area contributed by atoms with Crippen molar-refractivity contribution in [3.8, 4) is 0 Å². The van der Waals surface area contributed by atoms with Crippen LogP contribution in [-0.4, -0.2) is 40.0 Å². The molecule has 9 heteroatoms. The van der Waals surface area contributed by atoms with E-state index in [1.807, 2.05) is 0 Å². The molecule has 1 amide bonds. The molecule has 1 N–H and O–H groups in total. The lowest BCUT2D eigenvalue weighted by atomic mass is 10.1. The minimum Gasteiger partial charge on any atom is -0.449 e. The smallest absolute Gasteiger partial charge is 0.412 e. The van der Waals surface area contributed by atoms with E-state index < -0.39 is 23.4 Å². The third kappa shape index (κ3) is 6.95. The van der Waals surface area contributed by atoms with Crippen molar-refractivity contribution in [1.29, 1.82) is 0 Å². The highest BCUT2D eigenvalue weighted by Crippen LogP contribution is 2.17. The molecule has 7 nitrogen and oxygen atoms in total. The predicted molar refractivity (Wildman–Crippen MR) is 99.0 cm³/mol. The van der Waals surface area contributed by atoms with Crippen molar-refractivity contribution in [1.82, 2.24) is 9.55 Å². The molecule has 1 aromatic heterocycles. The predicted octanol–water partition coefficient (Wildman–Crippen LogP) is 3.38. The SMILES string of the molecule is CCCCCCCCOC(=O)Nc1nc(=O)n(C[C@@H]2CSCO2)cc1F. The van der Waals surface area contributed by atoms with Crippen LogP contribution in [0, 0.1) is 5.82 Å². The van der Waals surface area contributed by atoms with Gasteiger partial charge in [0.15, 0.2) is 11.6 Å². The van der Waals surface area contributed by atoms with Gasteiger partial charge in [-0.1, -0.05) is 39.0 Å². The number of halogens is 1. The van der Waals surface area contributed by atoms with Crippen molar-refractivity contribution in [2.75, 3.05) is 23.6 Å². The quantitative estimate of drug-likeness (QED) is 0.620. The molecule has 0 aromatic carbocycles. The number of nitrogens with zero attached hydrogens (tertiary/aromatic N) is 2. The molecule has 26 heavy (non-hydrogen) atoms. The van der Waals surface area contributed by atoms with E-state index in [4.69, 9.17) is 9.47 Å².